The first-order chi connectivity index (χ1) is 12.5. The number of nitrogens with zero attached hydrogens (tertiary/aromatic N) is 3. The molecule has 0 aromatic carbocycles. The molecular formula is C19H26N4O3. The molecule has 2 atom stereocenters. The topological polar surface area (TPSA) is 77.8 Å². The first-order valence-electron chi connectivity index (χ1n) is 8.91. The Morgan fingerprint density at radius 2 is 2.27 bits per heavy atom. The van der Waals surface area contributed by atoms with Gasteiger partial charge in [-0.05, 0) is 40.2 Å². The molecule has 1 saturated heterocycles. The van der Waals surface area contributed by atoms with E-state index in [2.05, 4.69) is 15.4 Å². The minimum atomic E-state index is -0.205. The molecule has 0 spiro atoms. The Kier molecular flexibility index (Phi) is 5.68. The van der Waals surface area contributed by atoms with Gasteiger partial charge in [-0.2, -0.15) is 5.10 Å². The van der Waals surface area contributed by atoms with Crippen molar-refractivity contribution in [2.75, 3.05) is 19.8 Å². The van der Waals surface area contributed by atoms with Gasteiger partial charge in [-0.1, -0.05) is 11.6 Å². The Labute approximate surface area is 153 Å². The van der Waals surface area contributed by atoms with E-state index in [9.17, 15) is 4.79 Å². The van der Waals surface area contributed by atoms with E-state index in [0.29, 0.717) is 31.0 Å². The lowest BCUT2D eigenvalue weighted by atomic mass is 10.1. The SMILES string of the molecule is CC(C)=CCO[C@H]1CCOC[C@H]1NC(=O)c1cnn2c(C)cc(C)nc12. The number of aryl methyl sites for hydroxylation is 2. The maximum Gasteiger partial charge on any atom is 0.257 e. The third kappa shape index (κ3) is 4.11. The number of fused-ring (bicyclic) bond motifs is 1. The quantitative estimate of drug-likeness (QED) is 0.829. The molecule has 0 radical (unpaired) electrons. The van der Waals surface area contributed by atoms with Crippen molar-refractivity contribution in [2.45, 2.75) is 46.3 Å². The highest BCUT2D eigenvalue weighted by molar-refractivity contribution is 5.99. The fourth-order valence-electron chi connectivity index (χ4n) is 3.07. The van der Waals surface area contributed by atoms with Crippen LogP contribution in [0.5, 0.6) is 0 Å². The molecule has 0 bridgehead atoms. The van der Waals surface area contributed by atoms with Gasteiger partial charge in [0.25, 0.3) is 5.91 Å². The molecule has 2 aromatic rings. The minimum Gasteiger partial charge on any atom is -0.379 e. The van der Waals surface area contributed by atoms with Gasteiger partial charge in [-0.15, -0.1) is 0 Å². The van der Waals surface area contributed by atoms with Crippen LogP contribution in [0.4, 0.5) is 0 Å². The third-order valence-corrected chi connectivity index (χ3v) is 4.43. The molecule has 0 unspecified atom stereocenters. The molecule has 1 aliphatic rings. The zero-order valence-corrected chi connectivity index (χ0v) is 15.8. The highest BCUT2D eigenvalue weighted by atomic mass is 16.5. The van der Waals surface area contributed by atoms with Crippen molar-refractivity contribution in [3.63, 3.8) is 0 Å². The molecule has 1 fully saturated rings. The van der Waals surface area contributed by atoms with Gasteiger partial charge in [-0.25, -0.2) is 9.50 Å². The maximum atomic E-state index is 12.8. The number of allylic oxidation sites excluding steroid dienone is 1. The van der Waals surface area contributed by atoms with Crippen LogP contribution in [0.3, 0.4) is 0 Å². The number of hydrogen-bond donors (Lipinski definition) is 1. The number of aromatic nitrogens is 3. The van der Waals surface area contributed by atoms with Crippen molar-refractivity contribution in [1.29, 1.82) is 0 Å². The lowest BCUT2D eigenvalue weighted by Crippen LogP contribution is -2.50. The molecule has 26 heavy (non-hydrogen) atoms. The van der Waals surface area contributed by atoms with Crippen LogP contribution >= 0.6 is 0 Å². The van der Waals surface area contributed by atoms with Crippen molar-refractivity contribution < 1.29 is 14.3 Å². The highest BCUT2D eigenvalue weighted by Crippen LogP contribution is 2.16. The normalized spacial score (nSPS) is 20.2. The average molecular weight is 358 g/mol. The number of carbonyl (C=O) groups excluding carboxylic acids is 1. The van der Waals surface area contributed by atoms with Crippen LogP contribution in [0.15, 0.2) is 23.9 Å². The summed E-state index contributed by atoms with van der Waals surface area (Å²) in [6, 6.07) is 1.74. The molecular weight excluding hydrogens is 332 g/mol. The van der Waals surface area contributed by atoms with Gasteiger partial charge in [0.1, 0.15) is 5.56 Å². The Bertz CT molecular complexity index is 824. The summed E-state index contributed by atoms with van der Waals surface area (Å²) in [7, 11) is 0. The predicted molar refractivity (Wildman–Crippen MR) is 98.3 cm³/mol. The van der Waals surface area contributed by atoms with Crippen LogP contribution < -0.4 is 5.32 Å². The van der Waals surface area contributed by atoms with Gasteiger partial charge in [0, 0.05) is 18.0 Å². The summed E-state index contributed by atoms with van der Waals surface area (Å²) in [6.07, 6.45) is 4.29. The van der Waals surface area contributed by atoms with E-state index >= 15 is 0 Å². The molecule has 1 aliphatic heterocycles. The fraction of sp³-hybridized carbons (Fsp3) is 0.526. The molecule has 3 rings (SSSR count). The number of amides is 1. The zero-order chi connectivity index (χ0) is 18.7. The van der Waals surface area contributed by atoms with Crippen LogP contribution in [0.2, 0.25) is 0 Å². The number of rotatable bonds is 5. The maximum absolute atomic E-state index is 12.8. The van der Waals surface area contributed by atoms with Gasteiger partial charge in [0.2, 0.25) is 0 Å². The monoisotopic (exact) mass is 358 g/mol. The van der Waals surface area contributed by atoms with E-state index < -0.39 is 0 Å². The van der Waals surface area contributed by atoms with E-state index in [0.717, 1.165) is 17.8 Å². The molecule has 1 amide bonds. The van der Waals surface area contributed by atoms with Crippen LogP contribution in [0.1, 0.15) is 42.0 Å². The van der Waals surface area contributed by atoms with Crippen molar-refractivity contribution in [1.82, 2.24) is 19.9 Å². The van der Waals surface area contributed by atoms with Crippen molar-refractivity contribution >= 4 is 11.6 Å². The van der Waals surface area contributed by atoms with E-state index in [4.69, 9.17) is 9.47 Å². The first kappa shape index (κ1) is 18.5. The number of carbonyl (C=O) groups is 1. The lowest BCUT2D eigenvalue weighted by molar-refractivity contribution is -0.0457. The van der Waals surface area contributed by atoms with Gasteiger partial charge < -0.3 is 14.8 Å². The van der Waals surface area contributed by atoms with E-state index in [1.807, 2.05) is 39.8 Å². The number of nitrogens with one attached hydrogen (secondary N) is 1. The number of hydrogen-bond acceptors (Lipinski definition) is 5. The second-order valence-electron chi connectivity index (χ2n) is 6.93. The molecule has 7 heteroatoms. The Morgan fingerprint density at radius 3 is 3.04 bits per heavy atom. The van der Waals surface area contributed by atoms with Crippen molar-refractivity contribution in [2.24, 2.45) is 0 Å². The zero-order valence-electron chi connectivity index (χ0n) is 15.8. The summed E-state index contributed by atoms with van der Waals surface area (Å²) in [5.74, 6) is -0.205. The Hall–Kier alpha value is -2.25. The van der Waals surface area contributed by atoms with Crippen LogP contribution in [-0.4, -0.2) is 52.5 Å². The van der Waals surface area contributed by atoms with Gasteiger partial charge >= 0.3 is 0 Å². The van der Waals surface area contributed by atoms with Crippen molar-refractivity contribution in [3.8, 4) is 0 Å². The Balaban J connectivity index is 1.74. The molecule has 0 aliphatic carbocycles. The van der Waals surface area contributed by atoms with Crippen LogP contribution in [-0.2, 0) is 9.47 Å². The molecule has 2 aromatic heterocycles. The second kappa shape index (κ2) is 7.97. The van der Waals surface area contributed by atoms with Crippen LogP contribution in [0.25, 0.3) is 5.65 Å². The second-order valence-corrected chi connectivity index (χ2v) is 6.93. The molecule has 140 valence electrons. The summed E-state index contributed by atoms with van der Waals surface area (Å²) < 4.78 is 13.2. The summed E-state index contributed by atoms with van der Waals surface area (Å²) in [5.41, 5.74) is 4.04. The van der Waals surface area contributed by atoms with Crippen molar-refractivity contribution in [3.05, 3.63) is 40.9 Å². The first-order valence-corrected chi connectivity index (χ1v) is 8.91. The average Bonchev–Trinajstić information content (AvgIpc) is 3.00. The van der Waals surface area contributed by atoms with Gasteiger partial charge in [0.05, 0.1) is 31.6 Å². The van der Waals surface area contributed by atoms with E-state index in [-0.39, 0.29) is 18.1 Å². The largest absolute Gasteiger partial charge is 0.379 e. The standard InChI is InChI=1S/C19H26N4O3/c1-12(2)5-8-26-17-6-7-25-11-16(17)22-19(24)15-10-20-23-14(4)9-13(3)21-18(15)23/h5,9-10,16-17H,6-8,11H2,1-4H3,(H,22,24)/t16-,17+/m1/s1. The van der Waals surface area contributed by atoms with Gasteiger partial charge in [0.15, 0.2) is 5.65 Å². The minimum absolute atomic E-state index is 0.0680. The fourth-order valence-corrected chi connectivity index (χ4v) is 3.07. The summed E-state index contributed by atoms with van der Waals surface area (Å²) >= 11 is 0. The number of ether oxygens (including phenoxy) is 2. The molecule has 0 saturated carbocycles. The third-order valence-electron chi connectivity index (χ3n) is 4.43. The van der Waals surface area contributed by atoms with E-state index in [1.165, 1.54) is 5.57 Å². The molecule has 7 nitrogen and oxygen atoms in total. The summed E-state index contributed by atoms with van der Waals surface area (Å²) in [4.78, 5) is 17.3. The van der Waals surface area contributed by atoms with E-state index in [1.54, 1.807) is 10.7 Å². The molecule has 3 heterocycles. The Morgan fingerprint density at radius 1 is 1.46 bits per heavy atom. The summed E-state index contributed by atoms with van der Waals surface area (Å²) in [5, 5.41) is 7.32. The summed E-state index contributed by atoms with van der Waals surface area (Å²) in [6.45, 7) is 9.54. The lowest BCUT2D eigenvalue weighted by Gasteiger charge is -2.31. The highest BCUT2D eigenvalue weighted by Gasteiger charge is 2.29. The van der Waals surface area contributed by atoms with Gasteiger partial charge in [-0.3, -0.25) is 4.79 Å². The van der Waals surface area contributed by atoms with Crippen LogP contribution in [0, 0.1) is 13.8 Å². The molecule has 1 N–H and O–H groups in total. The smallest absolute Gasteiger partial charge is 0.257 e. The predicted octanol–water partition coefficient (Wildman–Crippen LogP) is 2.22.